The summed E-state index contributed by atoms with van der Waals surface area (Å²) < 4.78 is 9.87. The second-order valence-electron chi connectivity index (χ2n) is 7.59. The molecule has 1 aromatic carbocycles. The van der Waals surface area contributed by atoms with Crippen molar-refractivity contribution < 1.29 is 9.53 Å². The largest absolute Gasteiger partial charge is 0.380 e. The number of ether oxygens (including phenoxy) is 1. The molecule has 0 fully saturated rings. The van der Waals surface area contributed by atoms with Crippen molar-refractivity contribution in [3.63, 3.8) is 0 Å². The number of hydrogen-bond donors (Lipinski definition) is 3. The maximum Gasteiger partial charge on any atom is 0.333 e. The van der Waals surface area contributed by atoms with Crippen LogP contribution in [-0.2, 0) is 4.74 Å². The molecule has 0 saturated heterocycles. The number of aromatic nitrogens is 2. The van der Waals surface area contributed by atoms with E-state index in [-0.39, 0.29) is 6.03 Å². The minimum Gasteiger partial charge on any atom is -0.380 e. The first-order chi connectivity index (χ1) is 15.3. The smallest absolute Gasteiger partial charge is 0.333 e. The summed E-state index contributed by atoms with van der Waals surface area (Å²) in [5.74, 6) is 0.635. The lowest BCUT2D eigenvalue weighted by atomic mass is 10.1. The van der Waals surface area contributed by atoms with Crippen molar-refractivity contribution in [3.8, 4) is 11.4 Å². The average Bonchev–Trinajstić information content (AvgIpc) is 3.28. The van der Waals surface area contributed by atoms with Gasteiger partial charge in [-0.3, -0.25) is 5.43 Å². The highest BCUT2D eigenvalue weighted by Gasteiger charge is 2.06. The van der Waals surface area contributed by atoms with Gasteiger partial charge in [-0.05, 0) is 6.42 Å². The summed E-state index contributed by atoms with van der Waals surface area (Å²) in [7, 11) is 0. The van der Waals surface area contributed by atoms with Gasteiger partial charge in [-0.2, -0.15) is 9.36 Å². The molecule has 0 atom stereocenters. The Morgan fingerprint density at radius 2 is 1.61 bits per heavy atom. The standard InChI is InChI=1S/C23H37N5O2S/c1-2-3-4-5-6-7-8-9-10-14-18-30-19-17-24-22(29)26-27-23-25-21(28-31-23)20-15-12-11-13-16-20/h11-13,15-16H,2-10,14,17-19H2,1H3,(H2,24,26,29)(H,25,27,28). The third kappa shape index (κ3) is 11.7. The van der Waals surface area contributed by atoms with Crippen molar-refractivity contribution in [1.29, 1.82) is 0 Å². The van der Waals surface area contributed by atoms with Gasteiger partial charge in [-0.1, -0.05) is 95.0 Å². The first-order valence-corrected chi connectivity index (χ1v) is 12.3. The Morgan fingerprint density at radius 1 is 0.935 bits per heavy atom. The van der Waals surface area contributed by atoms with E-state index in [1.165, 1.54) is 69.3 Å². The minimum atomic E-state index is -0.320. The molecule has 2 amide bonds. The predicted octanol–water partition coefficient (Wildman–Crippen LogP) is 5.77. The van der Waals surface area contributed by atoms with Gasteiger partial charge >= 0.3 is 6.03 Å². The summed E-state index contributed by atoms with van der Waals surface area (Å²) in [5.41, 5.74) is 6.28. The summed E-state index contributed by atoms with van der Waals surface area (Å²) in [6.07, 6.45) is 13.2. The fraction of sp³-hybridized carbons (Fsp3) is 0.609. The quantitative estimate of drug-likeness (QED) is 0.212. The van der Waals surface area contributed by atoms with E-state index in [4.69, 9.17) is 4.74 Å². The highest BCUT2D eigenvalue weighted by Crippen LogP contribution is 2.19. The third-order valence-electron chi connectivity index (χ3n) is 4.92. The number of benzene rings is 1. The molecule has 8 heteroatoms. The van der Waals surface area contributed by atoms with Crippen LogP contribution < -0.4 is 16.2 Å². The lowest BCUT2D eigenvalue weighted by Gasteiger charge is -2.08. The topological polar surface area (TPSA) is 88.2 Å². The molecule has 0 aliphatic heterocycles. The van der Waals surface area contributed by atoms with Crippen molar-refractivity contribution in [2.45, 2.75) is 71.1 Å². The Hall–Kier alpha value is -2.19. The molecule has 0 aliphatic carbocycles. The number of urea groups is 1. The lowest BCUT2D eigenvalue weighted by molar-refractivity contribution is 0.132. The molecule has 0 spiro atoms. The number of carbonyl (C=O) groups is 1. The maximum atomic E-state index is 11.8. The van der Waals surface area contributed by atoms with Gasteiger partial charge in [-0.25, -0.2) is 10.2 Å². The first kappa shape index (κ1) is 25.1. The molecule has 2 rings (SSSR count). The highest BCUT2D eigenvalue weighted by atomic mass is 32.1. The van der Waals surface area contributed by atoms with E-state index in [9.17, 15) is 4.79 Å². The van der Waals surface area contributed by atoms with Crippen LogP contribution in [0.4, 0.5) is 9.93 Å². The van der Waals surface area contributed by atoms with Crippen LogP contribution in [0.15, 0.2) is 30.3 Å². The number of unbranched alkanes of at least 4 members (excludes halogenated alkanes) is 9. The van der Waals surface area contributed by atoms with Gasteiger partial charge in [0.2, 0.25) is 5.13 Å². The van der Waals surface area contributed by atoms with Gasteiger partial charge in [-0.15, -0.1) is 0 Å². The van der Waals surface area contributed by atoms with Gasteiger partial charge in [0, 0.05) is 30.2 Å². The molecule has 7 nitrogen and oxygen atoms in total. The molecular formula is C23H37N5O2S. The fourth-order valence-electron chi connectivity index (χ4n) is 3.16. The number of amides is 2. The zero-order valence-electron chi connectivity index (χ0n) is 18.7. The van der Waals surface area contributed by atoms with Gasteiger partial charge < -0.3 is 10.1 Å². The number of hydrogen-bond acceptors (Lipinski definition) is 6. The SMILES string of the molecule is CCCCCCCCCCCCOCCNC(=O)NNc1nc(-c2ccccc2)ns1. The van der Waals surface area contributed by atoms with E-state index < -0.39 is 0 Å². The number of anilines is 1. The van der Waals surface area contributed by atoms with Crippen molar-refractivity contribution in [2.75, 3.05) is 25.2 Å². The Morgan fingerprint density at radius 3 is 2.32 bits per heavy atom. The van der Waals surface area contributed by atoms with Crippen LogP contribution in [0, 0.1) is 0 Å². The molecule has 172 valence electrons. The number of hydrazine groups is 1. The Bertz CT molecular complexity index is 711. The molecule has 0 saturated carbocycles. The molecule has 3 N–H and O–H groups in total. The fourth-order valence-corrected chi connectivity index (χ4v) is 3.71. The zero-order valence-corrected chi connectivity index (χ0v) is 19.5. The number of nitrogens with one attached hydrogen (secondary N) is 3. The normalized spacial score (nSPS) is 10.7. The van der Waals surface area contributed by atoms with Crippen LogP contribution in [-0.4, -0.2) is 35.1 Å². The van der Waals surface area contributed by atoms with Crippen molar-refractivity contribution >= 4 is 22.7 Å². The first-order valence-electron chi connectivity index (χ1n) is 11.6. The zero-order chi connectivity index (χ0) is 22.0. The second-order valence-corrected chi connectivity index (χ2v) is 8.34. The second kappa shape index (κ2) is 16.5. The molecule has 0 aliphatic rings. The van der Waals surface area contributed by atoms with Crippen molar-refractivity contribution in [2.24, 2.45) is 0 Å². The molecule has 2 aromatic rings. The van der Waals surface area contributed by atoms with E-state index in [0.29, 0.717) is 24.1 Å². The van der Waals surface area contributed by atoms with Gasteiger partial charge in [0.15, 0.2) is 5.82 Å². The highest BCUT2D eigenvalue weighted by molar-refractivity contribution is 7.09. The van der Waals surface area contributed by atoms with E-state index in [1.54, 1.807) is 0 Å². The number of carbonyl (C=O) groups excluding carboxylic acids is 1. The van der Waals surface area contributed by atoms with E-state index in [2.05, 4.69) is 32.4 Å². The summed E-state index contributed by atoms with van der Waals surface area (Å²) in [4.78, 5) is 16.2. The van der Waals surface area contributed by atoms with E-state index in [1.807, 2.05) is 30.3 Å². The Labute approximate surface area is 190 Å². The van der Waals surface area contributed by atoms with Crippen LogP contribution in [0.2, 0.25) is 0 Å². The van der Waals surface area contributed by atoms with Gasteiger partial charge in [0.25, 0.3) is 0 Å². The summed E-state index contributed by atoms with van der Waals surface area (Å²) >= 11 is 1.20. The maximum absolute atomic E-state index is 11.8. The van der Waals surface area contributed by atoms with Gasteiger partial charge in [0.1, 0.15) is 0 Å². The van der Waals surface area contributed by atoms with E-state index >= 15 is 0 Å². The van der Waals surface area contributed by atoms with E-state index in [0.717, 1.165) is 18.6 Å². The Balaban J connectivity index is 1.39. The number of rotatable bonds is 17. The molecule has 1 aromatic heterocycles. The monoisotopic (exact) mass is 447 g/mol. The van der Waals surface area contributed by atoms with Crippen LogP contribution in [0.1, 0.15) is 71.1 Å². The average molecular weight is 448 g/mol. The minimum absolute atomic E-state index is 0.320. The molecular weight excluding hydrogens is 410 g/mol. The van der Waals surface area contributed by atoms with Crippen LogP contribution >= 0.6 is 11.5 Å². The van der Waals surface area contributed by atoms with Crippen LogP contribution in [0.5, 0.6) is 0 Å². The van der Waals surface area contributed by atoms with Crippen LogP contribution in [0.25, 0.3) is 11.4 Å². The lowest BCUT2D eigenvalue weighted by Crippen LogP contribution is -2.40. The molecule has 1 heterocycles. The Kier molecular flexibility index (Phi) is 13.3. The van der Waals surface area contributed by atoms with Gasteiger partial charge in [0.05, 0.1) is 6.61 Å². The molecule has 31 heavy (non-hydrogen) atoms. The van der Waals surface area contributed by atoms with Crippen LogP contribution in [0.3, 0.4) is 0 Å². The van der Waals surface area contributed by atoms with Crippen molar-refractivity contribution in [3.05, 3.63) is 30.3 Å². The molecule has 0 radical (unpaired) electrons. The molecule has 0 unspecified atom stereocenters. The summed E-state index contributed by atoms with van der Waals surface area (Å²) in [6, 6.07) is 9.39. The molecule has 0 bridgehead atoms. The number of nitrogens with zero attached hydrogens (tertiary/aromatic N) is 2. The van der Waals surface area contributed by atoms with Crippen molar-refractivity contribution in [1.82, 2.24) is 20.1 Å². The summed E-state index contributed by atoms with van der Waals surface area (Å²) in [5, 5.41) is 3.28. The third-order valence-corrected chi connectivity index (χ3v) is 5.55. The predicted molar refractivity (Wildman–Crippen MR) is 128 cm³/mol. The summed E-state index contributed by atoms with van der Waals surface area (Å²) in [6.45, 7) is 4.00.